The number of hydrogen-bond acceptors (Lipinski definition) is 6. The van der Waals surface area contributed by atoms with Crippen molar-refractivity contribution in [1.29, 1.82) is 0 Å². The molecule has 0 saturated carbocycles. The van der Waals surface area contributed by atoms with Crippen molar-refractivity contribution in [3.05, 3.63) is 0 Å². The smallest absolute Gasteiger partial charge is 0.319 e. The first-order valence-corrected chi connectivity index (χ1v) is 6.18. The van der Waals surface area contributed by atoms with Gasteiger partial charge in [0.1, 0.15) is 6.42 Å². The van der Waals surface area contributed by atoms with Crippen LogP contribution in [-0.2, 0) is 28.5 Å². The number of rotatable bonds is 10. The molecule has 0 fully saturated rings. The molecule has 0 aromatic heterocycles. The van der Waals surface area contributed by atoms with Crippen molar-refractivity contribution >= 4 is 11.9 Å². The van der Waals surface area contributed by atoms with Gasteiger partial charge in [0.15, 0.2) is 0 Å². The molecule has 18 heavy (non-hydrogen) atoms. The normalized spacial score (nSPS) is 11.9. The lowest BCUT2D eigenvalue weighted by Crippen LogP contribution is -2.25. The molecule has 0 aliphatic rings. The summed E-state index contributed by atoms with van der Waals surface area (Å²) in [6.07, 6.45) is -0.633. The predicted molar refractivity (Wildman–Crippen MR) is 63.9 cm³/mol. The Morgan fingerprint density at radius 1 is 1.00 bits per heavy atom. The third-order valence-corrected chi connectivity index (χ3v) is 1.91. The minimum Gasteiger partial charge on any atom is -0.466 e. The van der Waals surface area contributed by atoms with Gasteiger partial charge in [0.05, 0.1) is 13.2 Å². The molecule has 6 heteroatoms. The summed E-state index contributed by atoms with van der Waals surface area (Å²) in [5.41, 5.74) is 0. The van der Waals surface area contributed by atoms with Gasteiger partial charge in [-0.1, -0.05) is 0 Å². The van der Waals surface area contributed by atoms with Crippen molar-refractivity contribution < 1.29 is 28.5 Å². The summed E-state index contributed by atoms with van der Waals surface area (Å²) in [7, 11) is 0. The quantitative estimate of drug-likeness (QED) is 0.255. The third-order valence-electron chi connectivity index (χ3n) is 1.91. The highest BCUT2D eigenvalue weighted by Crippen LogP contribution is 2.04. The Labute approximate surface area is 108 Å². The van der Waals surface area contributed by atoms with E-state index in [2.05, 4.69) is 4.74 Å². The van der Waals surface area contributed by atoms with Crippen molar-refractivity contribution in [2.24, 2.45) is 0 Å². The molecular formula is C12H22O6. The molecule has 6 nitrogen and oxygen atoms in total. The first-order valence-electron chi connectivity index (χ1n) is 6.18. The molecule has 0 amide bonds. The molecule has 106 valence electrons. The Balaban J connectivity index is 3.97. The van der Waals surface area contributed by atoms with Gasteiger partial charge in [0, 0.05) is 19.6 Å². The zero-order valence-electron chi connectivity index (χ0n) is 11.3. The van der Waals surface area contributed by atoms with E-state index in [0.29, 0.717) is 26.2 Å². The van der Waals surface area contributed by atoms with E-state index in [9.17, 15) is 9.59 Å². The lowest BCUT2D eigenvalue weighted by molar-refractivity contribution is -0.183. The van der Waals surface area contributed by atoms with E-state index in [1.54, 1.807) is 13.8 Å². The number of hydrogen-bond donors (Lipinski definition) is 0. The van der Waals surface area contributed by atoms with Gasteiger partial charge in [0.2, 0.25) is 6.29 Å². The van der Waals surface area contributed by atoms with Crippen molar-refractivity contribution in [1.82, 2.24) is 0 Å². The molecule has 0 aromatic carbocycles. The van der Waals surface area contributed by atoms with Crippen molar-refractivity contribution in [2.75, 3.05) is 26.4 Å². The van der Waals surface area contributed by atoms with E-state index in [1.807, 2.05) is 6.92 Å². The fourth-order valence-electron chi connectivity index (χ4n) is 1.20. The number of esters is 2. The molecule has 0 N–H and O–H groups in total. The van der Waals surface area contributed by atoms with Crippen LogP contribution in [0.25, 0.3) is 0 Å². The van der Waals surface area contributed by atoms with Gasteiger partial charge in [0.25, 0.3) is 0 Å². The lowest BCUT2D eigenvalue weighted by atomic mass is 10.4. The Kier molecular flexibility index (Phi) is 10.3. The summed E-state index contributed by atoms with van der Waals surface area (Å²) >= 11 is 0. The first kappa shape index (κ1) is 16.9. The molecule has 0 aliphatic heterocycles. The molecule has 0 heterocycles. The Morgan fingerprint density at radius 3 is 2.28 bits per heavy atom. The Morgan fingerprint density at radius 2 is 1.72 bits per heavy atom. The second-order valence-electron chi connectivity index (χ2n) is 3.34. The van der Waals surface area contributed by atoms with Crippen molar-refractivity contribution in [3.8, 4) is 0 Å². The molecule has 1 atom stereocenters. The SMILES string of the molecule is CCOCCC(OCC)OC(=O)CC(=O)OCC. The van der Waals surface area contributed by atoms with Crippen molar-refractivity contribution in [3.63, 3.8) is 0 Å². The predicted octanol–water partition coefficient (Wildman–Crippen LogP) is 1.27. The first-order chi connectivity index (χ1) is 8.63. The van der Waals surface area contributed by atoms with Gasteiger partial charge < -0.3 is 18.9 Å². The summed E-state index contributed by atoms with van der Waals surface area (Å²) in [5, 5.41) is 0. The maximum atomic E-state index is 11.4. The van der Waals surface area contributed by atoms with Gasteiger partial charge in [-0.3, -0.25) is 9.59 Å². The van der Waals surface area contributed by atoms with E-state index in [1.165, 1.54) is 0 Å². The van der Waals surface area contributed by atoms with Gasteiger partial charge in [-0.25, -0.2) is 0 Å². The van der Waals surface area contributed by atoms with E-state index >= 15 is 0 Å². The molecule has 0 radical (unpaired) electrons. The van der Waals surface area contributed by atoms with Crippen LogP contribution < -0.4 is 0 Å². The molecule has 0 aromatic rings. The maximum absolute atomic E-state index is 11.4. The van der Waals surface area contributed by atoms with Crippen LogP contribution in [0.15, 0.2) is 0 Å². The highest BCUT2D eigenvalue weighted by atomic mass is 16.7. The molecule has 0 aliphatic carbocycles. The Hall–Kier alpha value is -1.14. The fraction of sp³-hybridized carbons (Fsp3) is 0.833. The summed E-state index contributed by atoms with van der Waals surface area (Å²) in [4.78, 5) is 22.5. The van der Waals surface area contributed by atoms with Crippen LogP contribution in [0.1, 0.15) is 33.6 Å². The van der Waals surface area contributed by atoms with Crippen LogP contribution in [0.2, 0.25) is 0 Å². The van der Waals surface area contributed by atoms with Crippen LogP contribution in [0.4, 0.5) is 0 Å². The molecule has 0 spiro atoms. The largest absolute Gasteiger partial charge is 0.466 e. The molecule has 0 saturated heterocycles. The summed E-state index contributed by atoms with van der Waals surface area (Å²) < 4.78 is 20.0. The molecular weight excluding hydrogens is 240 g/mol. The summed E-state index contributed by atoms with van der Waals surface area (Å²) in [6.45, 7) is 7.04. The summed E-state index contributed by atoms with van der Waals surface area (Å²) in [6, 6.07) is 0. The van der Waals surface area contributed by atoms with Crippen LogP contribution in [0.3, 0.4) is 0 Å². The number of carbonyl (C=O) groups excluding carboxylic acids is 2. The molecule has 0 bridgehead atoms. The Bertz CT molecular complexity index is 241. The number of ether oxygens (including phenoxy) is 4. The van der Waals surface area contributed by atoms with Crippen LogP contribution in [0, 0.1) is 0 Å². The minimum atomic E-state index is -0.677. The topological polar surface area (TPSA) is 71.1 Å². The zero-order chi connectivity index (χ0) is 13.8. The average molecular weight is 262 g/mol. The molecule has 1 unspecified atom stereocenters. The van der Waals surface area contributed by atoms with Gasteiger partial charge in [-0.05, 0) is 20.8 Å². The van der Waals surface area contributed by atoms with Gasteiger partial charge >= 0.3 is 11.9 Å². The monoisotopic (exact) mass is 262 g/mol. The lowest BCUT2D eigenvalue weighted by Gasteiger charge is -2.17. The van der Waals surface area contributed by atoms with E-state index in [0.717, 1.165) is 0 Å². The standard InChI is InChI=1S/C12H22O6/c1-4-15-8-7-12(17-6-3)18-11(14)9-10(13)16-5-2/h12H,4-9H2,1-3H3. The third kappa shape index (κ3) is 8.95. The van der Waals surface area contributed by atoms with Crippen LogP contribution in [-0.4, -0.2) is 44.7 Å². The van der Waals surface area contributed by atoms with Crippen LogP contribution in [0.5, 0.6) is 0 Å². The summed E-state index contributed by atoms with van der Waals surface area (Å²) in [5.74, 6) is -1.24. The second kappa shape index (κ2) is 11.0. The average Bonchev–Trinajstić information content (AvgIpc) is 2.29. The zero-order valence-corrected chi connectivity index (χ0v) is 11.3. The van der Waals surface area contributed by atoms with Gasteiger partial charge in [-0.15, -0.1) is 0 Å². The highest BCUT2D eigenvalue weighted by molar-refractivity contribution is 5.91. The van der Waals surface area contributed by atoms with Gasteiger partial charge in [-0.2, -0.15) is 0 Å². The van der Waals surface area contributed by atoms with E-state index in [-0.39, 0.29) is 6.61 Å². The van der Waals surface area contributed by atoms with E-state index < -0.39 is 24.6 Å². The molecule has 0 rings (SSSR count). The maximum Gasteiger partial charge on any atom is 0.319 e. The highest BCUT2D eigenvalue weighted by Gasteiger charge is 2.17. The van der Waals surface area contributed by atoms with E-state index in [4.69, 9.17) is 14.2 Å². The number of carbonyl (C=O) groups is 2. The second-order valence-corrected chi connectivity index (χ2v) is 3.34. The van der Waals surface area contributed by atoms with Crippen molar-refractivity contribution in [2.45, 2.75) is 39.9 Å². The minimum absolute atomic E-state index is 0.241. The fourth-order valence-corrected chi connectivity index (χ4v) is 1.20. The van der Waals surface area contributed by atoms with Crippen LogP contribution >= 0.6 is 0 Å².